The Morgan fingerprint density at radius 1 is 0.848 bits per heavy atom. The number of benzene rings is 3. The van der Waals surface area contributed by atoms with Crippen LogP contribution in [0, 0.1) is 0 Å². The van der Waals surface area contributed by atoms with E-state index in [0.29, 0.717) is 37.0 Å². The lowest BCUT2D eigenvalue weighted by Gasteiger charge is -2.27. The lowest BCUT2D eigenvalue weighted by Crippen LogP contribution is -2.44. The maximum Gasteiger partial charge on any atom is 0.407 e. The fourth-order valence-electron chi connectivity index (χ4n) is 7.66. The zero-order chi connectivity index (χ0) is 48.3. The molecule has 2 aromatic heterocycles. The SMILES string of the molecule is CC.CC1CCC[C@@H](C)O1.CCC.CCCN(Cc1ncc(-c2ccc3c(c2)COc2cc4c(ccc5[nH]c(CN(C(=O)CNC(=O)OC)[C@@H](C)CC)nc54)cc2-3)[nH]1)C(=O)CNC(=O)OC. The second-order valence-corrected chi connectivity index (χ2v) is 16.3. The molecule has 360 valence electrons. The molecule has 0 radical (unpaired) electrons. The lowest BCUT2D eigenvalue weighted by atomic mass is 9.92. The highest BCUT2D eigenvalue weighted by atomic mass is 16.5. The normalized spacial score (nSPS) is 15.1. The number of methoxy groups -OCH3 is 2. The second kappa shape index (κ2) is 26.1. The first-order valence-corrected chi connectivity index (χ1v) is 23.4. The molecule has 0 saturated carbocycles. The van der Waals surface area contributed by atoms with Crippen LogP contribution >= 0.6 is 0 Å². The van der Waals surface area contributed by atoms with Gasteiger partial charge in [0.25, 0.3) is 0 Å². The van der Waals surface area contributed by atoms with Crippen LogP contribution in [0.2, 0.25) is 0 Å². The van der Waals surface area contributed by atoms with Crippen molar-refractivity contribution in [3.05, 3.63) is 65.9 Å². The number of carbonyl (C=O) groups is 4. The first-order valence-electron chi connectivity index (χ1n) is 23.4. The van der Waals surface area contributed by atoms with Crippen LogP contribution in [0.5, 0.6) is 5.75 Å². The standard InChI is InChI=1S/C38H44N8O7.C7H14O.C3H8.C2H6/c1-6-12-45(34(47)17-40-37(49)51-4)19-32-39-16-30(43-32)24-8-10-26-25(13-24)21-53-31-15-27-23(14-28(26)31)9-11-29-36(27)44-33(42-29)20-46(22(3)7-2)35(48)18-41-38(50)52-5;1-6-4-3-5-7(2)8-6;1-3-2;1-2/h8-11,13-16,22H,6-7,12,17-21H2,1-5H3,(H,39,43)(H,40,49)(H,41,50)(H,42,44);6-7H,3-5H2,1-2H3;3H2,1-2H3;1-2H3/t22-;6-,7?;;/m01../s1. The third kappa shape index (κ3) is 14.2. The summed E-state index contributed by atoms with van der Waals surface area (Å²) < 4.78 is 21.0. The van der Waals surface area contributed by atoms with E-state index in [9.17, 15) is 19.2 Å². The molecule has 7 rings (SSSR count). The number of fused-ring (bicyclic) bond motifs is 6. The van der Waals surface area contributed by atoms with Crippen molar-refractivity contribution in [2.45, 2.75) is 139 Å². The van der Waals surface area contributed by atoms with Crippen molar-refractivity contribution < 1.29 is 38.1 Å². The van der Waals surface area contributed by atoms with E-state index in [1.54, 1.807) is 16.0 Å². The minimum atomic E-state index is -0.660. The number of nitrogens with one attached hydrogen (secondary N) is 4. The molecule has 1 unspecified atom stereocenters. The number of nitrogens with zero attached hydrogens (tertiary/aromatic N) is 4. The van der Waals surface area contributed by atoms with Crippen LogP contribution in [0.15, 0.2) is 48.7 Å². The number of imidazole rings is 2. The van der Waals surface area contributed by atoms with E-state index in [1.807, 2.05) is 58.9 Å². The number of alkyl carbamates (subject to hydrolysis) is 2. The molecule has 4 amide bonds. The number of carbonyl (C=O) groups excluding carboxylic acids is 4. The topological polar surface area (TPSA) is 193 Å². The van der Waals surface area contributed by atoms with Gasteiger partial charge in [0.2, 0.25) is 11.8 Å². The number of ether oxygens (including phenoxy) is 4. The predicted molar refractivity (Wildman–Crippen MR) is 259 cm³/mol. The maximum atomic E-state index is 13.1. The van der Waals surface area contributed by atoms with Crippen LogP contribution in [0.3, 0.4) is 0 Å². The average Bonchev–Trinajstić information content (AvgIpc) is 3.98. The highest BCUT2D eigenvalue weighted by Crippen LogP contribution is 2.42. The van der Waals surface area contributed by atoms with Crippen LogP contribution in [-0.2, 0) is 43.5 Å². The van der Waals surface area contributed by atoms with Crippen molar-refractivity contribution in [2.24, 2.45) is 0 Å². The molecule has 2 aliphatic heterocycles. The van der Waals surface area contributed by atoms with Gasteiger partial charge in [0, 0.05) is 23.5 Å². The Bertz CT molecular complexity index is 2350. The van der Waals surface area contributed by atoms with Crippen LogP contribution in [0.1, 0.15) is 118 Å². The number of hydrogen-bond acceptors (Lipinski definition) is 10. The summed E-state index contributed by atoms with van der Waals surface area (Å²) in [6.07, 6.45) is 8.06. The minimum absolute atomic E-state index is 0.0711. The number of H-pyrrole nitrogens is 2. The molecule has 16 nitrogen and oxygen atoms in total. The summed E-state index contributed by atoms with van der Waals surface area (Å²) >= 11 is 0. The third-order valence-corrected chi connectivity index (χ3v) is 11.1. The highest BCUT2D eigenvalue weighted by Gasteiger charge is 2.24. The average molecular weight is 913 g/mol. The van der Waals surface area contributed by atoms with E-state index < -0.39 is 12.2 Å². The Kier molecular flexibility index (Phi) is 20.7. The summed E-state index contributed by atoms with van der Waals surface area (Å²) in [6, 6.07) is 14.3. The summed E-state index contributed by atoms with van der Waals surface area (Å²) in [5, 5.41) is 6.84. The van der Waals surface area contributed by atoms with Gasteiger partial charge in [0.1, 0.15) is 37.1 Å². The molecule has 66 heavy (non-hydrogen) atoms. The molecular formula is C50H72N8O8. The van der Waals surface area contributed by atoms with E-state index in [-0.39, 0.29) is 44.0 Å². The number of amides is 4. The molecule has 0 aliphatic carbocycles. The second-order valence-electron chi connectivity index (χ2n) is 16.3. The van der Waals surface area contributed by atoms with Gasteiger partial charge in [-0.25, -0.2) is 19.6 Å². The van der Waals surface area contributed by atoms with E-state index >= 15 is 0 Å². The van der Waals surface area contributed by atoms with Crippen molar-refractivity contribution in [1.82, 2.24) is 40.4 Å². The Balaban J connectivity index is 0.000000641. The first kappa shape index (κ1) is 52.5. The van der Waals surface area contributed by atoms with Crippen LogP contribution in [-0.4, -0.2) is 106 Å². The van der Waals surface area contributed by atoms with Gasteiger partial charge in [-0.1, -0.05) is 66.2 Å². The Hall–Kier alpha value is -6.16. The summed E-state index contributed by atoms with van der Waals surface area (Å²) in [7, 11) is 2.51. The van der Waals surface area contributed by atoms with E-state index in [0.717, 1.165) is 68.3 Å². The van der Waals surface area contributed by atoms with Gasteiger partial charge in [-0.2, -0.15) is 0 Å². The fraction of sp³-hybridized carbons (Fsp3) is 0.520. The van der Waals surface area contributed by atoms with Crippen LogP contribution in [0.25, 0.3) is 44.2 Å². The van der Waals surface area contributed by atoms with Gasteiger partial charge in [-0.15, -0.1) is 0 Å². The smallest absolute Gasteiger partial charge is 0.407 e. The van der Waals surface area contributed by atoms with E-state index in [1.165, 1.54) is 39.9 Å². The van der Waals surface area contributed by atoms with Crippen molar-refractivity contribution in [1.29, 1.82) is 0 Å². The van der Waals surface area contributed by atoms with Gasteiger partial charge >= 0.3 is 12.2 Å². The predicted octanol–water partition coefficient (Wildman–Crippen LogP) is 9.65. The molecule has 5 aromatic rings. The van der Waals surface area contributed by atoms with Gasteiger partial charge in [-0.05, 0) is 99.2 Å². The van der Waals surface area contributed by atoms with Crippen molar-refractivity contribution in [3.63, 3.8) is 0 Å². The monoisotopic (exact) mass is 913 g/mol. The first-order chi connectivity index (χ1) is 31.8. The molecule has 16 heteroatoms. The molecule has 3 atom stereocenters. The molecule has 4 heterocycles. The molecule has 2 aliphatic rings. The van der Waals surface area contributed by atoms with Crippen molar-refractivity contribution in [2.75, 3.05) is 33.9 Å². The van der Waals surface area contributed by atoms with E-state index in [2.05, 4.69) is 81.0 Å². The van der Waals surface area contributed by atoms with E-state index in [4.69, 9.17) is 14.5 Å². The number of aromatic amines is 2. The van der Waals surface area contributed by atoms with Crippen LogP contribution in [0.4, 0.5) is 9.59 Å². The minimum Gasteiger partial charge on any atom is -0.488 e. The number of hydrogen-bond donors (Lipinski definition) is 4. The quantitative estimate of drug-likeness (QED) is 0.0884. The summed E-state index contributed by atoms with van der Waals surface area (Å²) in [5.41, 5.74) is 6.45. The van der Waals surface area contributed by atoms with Crippen molar-refractivity contribution in [3.8, 4) is 28.1 Å². The highest BCUT2D eigenvalue weighted by molar-refractivity contribution is 6.07. The number of aromatic nitrogens is 4. The van der Waals surface area contributed by atoms with Gasteiger partial charge in [0.15, 0.2) is 0 Å². The van der Waals surface area contributed by atoms with Gasteiger partial charge in [-0.3, -0.25) is 9.59 Å². The zero-order valence-corrected chi connectivity index (χ0v) is 40.9. The summed E-state index contributed by atoms with van der Waals surface area (Å²) in [6.45, 7) is 19.6. The fourth-order valence-corrected chi connectivity index (χ4v) is 7.66. The molecule has 1 saturated heterocycles. The Labute approximate surface area is 389 Å². The number of rotatable bonds is 13. The van der Waals surface area contributed by atoms with Crippen molar-refractivity contribution >= 4 is 45.8 Å². The molecular weight excluding hydrogens is 841 g/mol. The molecule has 0 bridgehead atoms. The molecule has 1 fully saturated rings. The molecule has 0 spiro atoms. The largest absolute Gasteiger partial charge is 0.488 e. The Morgan fingerprint density at radius 3 is 2.12 bits per heavy atom. The lowest BCUT2D eigenvalue weighted by molar-refractivity contribution is -0.133. The summed E-state index contributed by atoms with van der Waals surface area (Å²) in [5.74, 6) is 1.56. The summed E-state index contributed by atoms with van der Waals surface area (Å²) in [4.78, 5) is 68.3. The van der Waals surface area contributed by atoms with Crippen LogP contribution < -0.4 is 15.4 Å². The zero-order valence-electron chi connectivity index (χ0n) is 40.9. The van der Waals surface area contributed by atoms with Gasteiger partial charge < -0.3 is 49.3 Å². The Morgan fingerprint density at radius 2 is 1.52 bits per heavy atom. The maximum absolute atomic E-state index is 13.1. The third-order valence-electron chi connectivity index (χ3n) is 11.1. The molecule has 4 N–H and O–H groups in total. The molecule has 3 aromatic carbocycles. The van der Waals surface area contributed by atoms with Gasteiger partial charge in [0.05, 0.1) is 62.4 Å².